The maximum atomic E-state index is 12.5. The van der Waals surface area contributed by atoms with Crippen LogP contribution in [-0.4, -0.2) is 14.5 Å². The monoisotopic (exact) mass is 314 g/mol. The Labute approximate surface area is 124 Å². The van der Waals surface area contributed by atoms with E-state index in [1.165, 1.54) is 12.5 Å². The van der Waals surface area contributed by atoms with Crippen molar-refractivity contribution < 1.29 is 8.42 Å². The number of halogens is 1. The summed E-state index contributed by atoms with van der Waals surface area (Å²) in [5.41, 5.74) is 6.75. The predicted molar refractivity (Wildman–Crippen MR) is 80.2 cm³/mol. The number of anilines is 1. The average molecular weight is 315 g/mol. The van der Waals surface area contributed by atoms with Gasteiger partial charge in [0.2, 0.25) is 10.0 Å². The molecule has 2 aliphatic carbocycles. The minimum atomic E-state index is -3.52. The minimum Gasteiger partial charge on any atom is -0.397 e. The molecule has 1 aromatic carbocycles. The molecule has 0 heterocycles. The molecule has 2 aliphatic rings. The molecule has 3 atom stereocenters. The zero-order valence-electron chi connectivity index (χ0n) is 11.4. The molecule has 2 fully saturated rings. The van der Waals surface area contributed by atoms with Crippen molar-refractivity contribution in [2.75, 3.05) is 5.73 Å². The molecule has 3 rings (SSSR count). The van der Waals surface area contributed by atoms with E-state index in [0.717, 1.165) is 19.3 Å². The summed E-state index contributed by atoms with van der Waals surface area (Å²) in [6.07, 6.45) is 4.51. The second-order valence-corrected chi connectivity index (χ2v) is 8.14. The van der Waals surface area contributed by atoms with Crippen molar-refractivity contribution in [2.45, 2.75) is 43.5 Å². The van der Waals surface area contributed by atoms with Crippen LogP contribution in [0.15, 0.2) is 17.0 Å². The molecule has 0 aliphatic heterocycles. The topological polar surface area (TPSA) is 72.2 Å². The van der Waals surface area contributed by atoms with E-state index in [2.05, 4.69) is 4.72 Å². The lowest BCUT2D eigenvalue weighted by molar-refractivity contribution is 0.390. The molecule has 20 heavy (non-hydrogen) atoms. The second-order valence-electron chi connectivity index (χ2n) is 6.05. The highest BCUT2D eigenvalue weighted by Gasteiger charge is 2.41. The molecular weight excluding hydrogens is 296 g/mol. The van der Waals surface area contributed by atoms with Crippen molar-refractivity contribution in [1.82, 2.24) is 4.72 Å². The van der Waals surface area contributed by atoms with Gasteiger partial charge < -0.3 is 5.73 Å². The highest BCUT2D eigenvalue weighted by molar-refractivity contribution is 7.89. The van der Waals surface area contributed by atoms with Crippen LogP contribution in [0.1, 0.15) is 31.2 Å². The van der Waals surface area contributed by atoms with E-state index in [1.54, 1.807) is 13.0 Å². The van der Waals surface area contributed by atoms with E-state index in [1.807, 2.05) is 0 Å². The summed E-state index contributed by atoms with van der Waals surface area (Å²) in [6.45, 7) is 1.76. The Hall–Kier alpha value is -0.780. The molecule has 110 valence electrons. The predicted octanol–water partition coefficient (Wildman–Crippen LogP) is 2.70. The van der Waals surface area contributed by atoms with Gasteiger partial charge in [-0.1, -0.05) is 18.0 Å². The average Bonchev–Trinajstić information content (AvgIpc) is 2.96. The van der Waals surface area contributed by atoms with Crippen LogP contribution in [0.25, 0.3) is 0 Å². The molecule has 0 spiro atoms. The van der Waals surface area contributed by atoms with Crippen LogP contribution in [0.3, 0.4) is 0 Å². The number of hydrogen-bond donors (Lipinski definition) is 2. The quantitative estimate of drug-likeness (QED) is 0.843. The summed E-state index contributed by atoms with van der Waals surface area (Å²) >= 11 is 5.98. The third-order valence-corrected chi connectivity index (χ3v) is 6.60. The van der Waals surface area contributed by atoms with Crippen LogP contribution in [0.4, 0.5) is 5.69 Å². The fourth-order valence-corrected chi connectivity index (χ4v) is 5.12. The number of aryl methyl sites for hydroxylation is 1. The van der Waals surface area contributed by atoms with E-state index < -0.39 is 10.0 Å². The van der Waals surface area contributed by atoms with Crippen molar-refractivity contribution in [3.05, 3.63) is 22.7 Å². The van der Waals surface area contributed by atoms with Gasteiger partial charge in [0.25, 0.3) is 0 Å². The van der Waals surface area contributed by atoms with E-state index in [-0.39, 0.29) is 10.9 Å². The van der Waals surface area contributed by atoms with E-state index in [4.69, 9.17) is 17.3 Å². The summed E-state index contributed by atoms with van der Waals surface area (Å²) in [5.74, 6) is 1.20. The van der Waals surface area contributed by atoms with Crippen LogP contribution in [0.2, 0.25) is 5.02 Å². The first-order chi connectivity index (χ1) is 9.37. The molecule has 0 amide bonds. The van der Waals surface area contributed by atoms with Gasteiger partial charge in [0, 0.05) is 6.04 Å². The normalized spacial score (nSPS) is 29.0. The molecule has 0 saturated heterocycles. The van der Waals surface area contributed by atoms with Gasteiger partial charge in [0.05, 0.1) is 15.6 Å². The van der Waals surface area contributed by atoms with Crippen LogP contribution in [0.5, 0.6) is 0 Å². The van der Waals surface area contributed by atoms with Gasteiger partial charge >= 0.3 is 0 Å². The number of hydrogen-bond acceptors (Lipinski definition) is 3. The summed E-state index contributed by atoms with van der Waals surface area (Å²) in [7, 11) is -3.52. The Kier molecular flexibility index (Phi) is 3.47. The number of sulfonamides is 1. The number of nitrogen functional groups attached to an aromatic ring is 1. The maximum absolute atomic E-state index is 12.5. The maximum Gasteiger partial charge on any atom is 0.240 e. The number of benzene rings is 1. The van der Waals surface area contributed by atoms with Gasteiger partial charge in [-0.15, -0.1) is 0 Å². The number of fused-ring (bicyclic) bond motifs is 2. The molecule has 6 heteroatoms. The highest BCUT2D eigenvalue weighted by atomic mass is 35.5. The van der Waals surface area contributed by atoms with E-state index >= 15 is 0 Å². The summed E-state index contributed by atoms with van der Waals surface area (Å²) in [5, 5.41) is 0.420. The largest absolute Gasteiger partial charge is 0.397 e. The van der Waals surface area contributed by atoms with Gasteiger partial charge in [-0.05, 0) is 55.7 Å². The molecule has 3 unspecified atom stereocenters. The smallest absolute Gasteiger partial charge is 0.240 e. The Morgan fingerprint density at radius 3 is 2.60 bits per heavy atom. The molecule has 0 aromatic heterocycles. The Balaban J connectivity index is 1.85. The van der Waals surface area contributed by atoms with Crippen molar-refractivity contribution in [1.29, 1.82) is 0 Å². The Bertz CT molecular complexity index is 622. The summed E-state index contributed by atoms with van der Waals surface area (Å²) in [4.78, 5) is 0.208. The van der Waals surface area contributed by atoms with Crippen molar-refractivity contribution >= 4 is 27.3 Å². The highest BCUT2D eigenvalue weighted by Crippen LogP contribution is 2.44. The standard InChI is InChI=1S/C14H19ClN2O2S/c1-8-4-11(7-12(16)14(8)15)20(18,19)17-13-6-9-2-3-10(13)5-9/h4,7,9-10,13,17H,2-3,5-6,16H2,1H3. The van der Waals surface area contributed by atoms with E-state index in [0.29, 0.717) is 28.1 Å². The number of rotatable bonds is 3. The molecule has 4 nitrogen and oxygen atoms in total. The van der Waals surface area contributed by atoms with Gasteiger partial charge in [-0.25, -0.2) is 13.1 Å². The van der Waals surface area contributed by atoms with Crippen LogP contribution < -0.4 is 10.5 Å². The van der Waals surface area contributed by atoms with Crippen molar-refractivity contribution in [2.24, 2.45) is 11.8 Å². The zero-order chi connectivity index (χ0) is 14.5. The first-order valence-corrected chi connectivity index (χ1v) is 8.81. The van der Waals surface area contributed by atoms with Crippen molar-refractivity contribution in [3.8, 4) is 0 Å². The number of nitrogens with one attached hydrogen (secondary N) is 1. The van der Waals surface area contributed by atoms with Gasteiger partial charge in [0.1, 0.15) is 0 Å². The second kappa shape index (κ2) is 4.90. The lowest BCUT2D eigenvalue weighted by atomic mass is 9.96. The Morgan fingerprint density at radius 1 is 1.30 bits per heavy atom. The molecule has 2 bridgehead atoms. The third-order valence-electron chi connectivity index (χ3n) is 4.61. The third kappa shape index (κ3) is 2.43. The molecule has 2 saturated carbocycles. The van der Waals surface area contributed by atoms with E-state index in [9.17, 15) is 8.42 Å². The lowest BCUT2D eigenvalue weighted by Crippen LogP contribution is -2.38. The Morgan fingerprint density at radius 2 is 2.05 bits per heavy atom. The SMILES string of the molecule is Cc1cc(S(=O)(=O)NC2CC3CCC2C3)cc(N)c1Cl. The first-order valence-electron chi connectivity index (χ1n) is 6.95. The molecule has 0 radical (unpaired) electrons. The molecular formula is C14H19ClN2O2S. The van der Waals surface area contributed by atoms with Crippen LogP contribution >= 0.6 is 11.6 Å². The number of nitrogens with two attached hydrogens (primary N) is 1. The fraction of sp³-hybridized carbons (Fsp3) is 0.571. The van der Waals surface area contributed by atoms with Gasteiger partial charge in [-0.2, -0.15) is 0 Å². The van der Waals surface area contributed by atoms with Gasteiger partial charge in [0.15, 0.2) is 0 Å². The zero-order valence-corrected chi connectivity index (χ0v) is 13.0. The summed E-state index contributed by atoms with van der Waals surface area (Å²) in [6, 6.07) is 3.09. The van der Waals surface area contributed by atoms with Crippen LogP contribution in [0, 0.1) is 18.8 Å². The first kappa shape index (κ1) is 14.2. The molecule has 1 aromatic rings. The summed E-state index contributed by atoms with van der Waals surface area (Å²) < 4.78 is 27.8. The fourth-order valence-electron chi connectivity index (χ4n) is 3.57. The lowest BCUT2D eigenvalue weighted by Gasteiger charge is -2.23. The van der Waals surface area contributed by atoms with Crippen LogP contribution in [-0.2, 0) is 10.0 Å². The van der Waals surface area contributed by atoms with Crippen molar-refractivity contribution in [3.63, 3.8) is 0 Å². The minimum absolute atomic E-state index is 0.0796. The van der Waals surface area contributed by atoms with Gasteiger partial charge in [-0.3, -0.25) is 0 Å². The molecule has 3 N–H and O–H groups in total.